The largest absolute Gasteiger partial charge is 0.443 e. The average Bonchev–Trinajstić information content (AvgIpc) is 2.43. The van der Waals surface area contributed by atoms with Gasteiger partial charge in [0.15, 0.2) is 5.67 Å². The summed E-state index contributed by atoms with van der Waals surface area (Å²) in [4.78, 5) is 25.5. The van der Waals surface area contributed by atoms with Crippen LogP contribution in [0.1, 0.15) is 46.6 Å². The predicted octanol–water partition coefficient (Wildman–Crippen LogP) is 4.27. The molecular weight excluding hydrogens is 335 g/mol. The van der Waals surface area contributed by atoms with E-state index in [0.29, 0.717) is 4.90 Å². The van der Waals surface area contributed by atoms with Gasteiger partial charge in [-0.3, -0.25) is 4.79 Å². The Labute approximate surface area is 144 Å². The normalized spacial score (nSPS) is 30.3. The molecule has 2 rings (SSSR count). The lowest BCUT2D eigenvalue weighted by Gasteiger charge is -2.48. The van der Waals surface area contributed by atoms with Gasteiger partial charge in [0.25, 0.3) is 5.91 Å². The summed E-state index contributed by atoms with van der Waals surface area (Å²) in [6.07, 6.45) is -4.00. The molecule has 25 heavy (non-hydrogen) atoms. The van der Waals surface area contributed by atoms with E-state index in [0.717, 1.165) is 13.0 Å². The van der Waals surface area contributed by atoms with Crippen molar-refractivity contribution in [2.75, 3.05) is 0 Å². The molecule has 0 aliphatic carbocycles. The van der Waals surface area contributed by atoms with Crippen LogP contribution in [-0.2, 0) is 15.1 Å². The van der Waals surface area contributed by atoms with Gasteiger partial charge in [-0.15, -0.1) is 0 Å². The van der Waals surface area contributed by atoms with Crippen molar-refractivity contribution in [3.63, 3.8) is 0 Å². The number of amides is 2. The van der Waals surface area contributed by atoms with Crippen molar-refractivity contribution in [2.24, 2.45) is 0 Å². The number of ether oxygens (including phenoxy) is 1. The van der Waals surface area contributed by atoms with E-state index >= 15 is 4.39 Å². The highest BCUT2D eigenvalue weighted by atomic mass is 19.2. The molecule has 0 aromatic heterocycles. The highest BCUT2D eigenvalue weighted by molar-refractivity contribution is 5.99. The van der Waals surface area contributed by atoms with E-state index in [1.807, 2.05) is 0 Å². The molecule has 0 radical (unpaired) electrons. The van der Waals surface area contributed by atoms with Crippen LogP contribution in [0.4, 0.5) is 18.0 Å². The third-order valence-corrected chi connectivity index (χ3v) is 4.28. The number of benzene rings is 1. The van der Waals surface area contributed by atoms with Gasteiger partial charge in [0.2, 0.25) is 0 Å². The van der Waals surface area contributed by atoms with Crippen molar-refractivity contribution >= 4 is 12.0 Å². The molecule has 7 heteroatoms. The second-order valence-electron chi connectivity index (χ2n) is 7.62. The predicted molar refractivity (Wildman–Crippen MR) is 85.9 cm³/mol. The maximum absolute atomic E-state index is 15.0. The van der Waals surface area contributed by atoms with Gasteiger partial charge in [0.1, 0.15) is 23.1 Å². The number of alkyl halides is 2. The minimum Gasteiger partial charge on any atom is -0.443 e. The average molecular weight is 357 g/mol. The second-order valence-corrected chi connectivity index (χ2v) is 7.62. The van der Waals surface area contributed by atoms with Crippen molar-refractivity contribution in [3.8, 4) is 0 Å². The Bertz CT molecular complexity index is 699. The van der Waals surface area contributed by atoms with Gasteiger partial charge < -0.3 is 4.74 Å². The van der Waals surface area contributed by atoms with E-state index in [4.69, 9.17) is 4.74 Å². The van der Waals surface area contributed by atoms with Gasteiger partial charge in [-0.2, -0.15) is 0 Å². The summed E-state index contributed by atoms with van der Waals surface area (Å²) >= 11 is 0. The Hall–Kier alpha value is -2.05. The van der Waals surface area contributed by atoms with Crippen LogP contribution in [0.2, 0.25) is 0 Å². The molecule has 0 spiro atoms. The summed E-state index contributed by atoms with van der Waals surface area (Å²) in [6, 6.07) is 5.22. The van der Waals surface area contributed by atoms with Crippen LogP contribution in [0, 0.1) is 5.82 Å². The highest BCUT2D eigenvalue weighted by Gasteiger charge is 2.60. The van der Waals surface area contributed by atoms with Crippen LogP contribution in [0.15, 0.2) is 24.3 Å². The van der Waals surface area contributed by atoms with Crippen molar-refractivity contribution in [1.82, 2.24) is 4.90 Å². The molecule has 0 unspecified atom stereocenters. The Morgan fingerprint density at radius 1 is 1.28 bits per heavy atom. The standard InChI is InChI=1S/C18H22F3NO3/c1-16(2,3)25-15(24)22-14(23)17(4,21)10-13(20)18(22,5)11-8-6-7-9-12(11)19/h6-9,13H,10H2,1-5H3/t13-,17-,18+/m0/s1. The van der Waals surface area contributed by atoms with E-state index in [9.17, 15) is 18.4 Å². The second kappa shape index (κ2) is 6.04. The smallest absolute Gasteiger partial charge is 0.418 e. The van der Waals surface area contributed by atoms with Gasteiger partial charge in [-0.1, -0.05) is 18.2 Å². The molecule has 1 aliphatic heterocycles. The summed E-state index contributed by atoms with van der Waals surface area (Å²) < 4.78 is 49.1. The lowest BCUT2D eigenvalue weighted by molar-refractivity contribution is -0.163. The molecule has 1 aliphatic rings. The number of carbonyl (C=O) groups is 2. The summed E-state index contributed by atoms with van der Waals surface area (Å²) in [5.41, 5.74) is -5.82. The zero-order valence-electron chi connectivity index (χ0n) is 14.9. The topological polar surface area (TPSA) is 46.6 Å². The van der Waals surface area contributed by atoms with E-state index in [1.165, 1.54) is 25.1 Å². The molecule has 1 fully saturated rings. The molecule has 3 atom stereocenters. The van der Waals surface area contributed by atoms with Crippen molar-refractivity contribution in [3.05, 3.63) is 35.6 Å². The Morgan fingerprint density at radius 3 is 2.36 bits per heavy atom. The fourth-order valence-corrected chi connectivity index (χ4v) is 2.95. The first kappa shape index (κ1) is 19.3. The van der Waals surface area contributed by atoms with Crippen LogP contribution in [-0.4, -0.2) is 34.3 Å². The molecule has 1 saturated heterocycles. The number of piperidine rings is 1. The maximum Gasteiger partial charge on any atom is 0.418 e. The molecule has 2 amide bonds. The first-order chi connectivity index (χ1) is 11.3. The number of carbonyl (C=O) groups excluding carboxylic acids is 2. The zero-order valence-corrected chi connectivity index (χ0v) is 14.9. The summed E-state index contributed by atoms with van der Waals surface area (Å²) in [7, 11) is 0. The Kier molecular flexibility index (Phi) is 4.65. The molecular formula is C18H22F3NO3. The minimum absolute atomic E-state index is 0.211. The third kappa shape index (κ3) is 3.37. The van der Waals surface area contributed by atoms with E-state index in [-0.39, 0.29) is 5.56 Å². The minimum atomic E-state index is -2.60. The summed E-state index contributed by atoms with van der Waals surface area (Å²) in [5.74, 6) is -2.04. The number of hydrogen-bond donors (Lipinski definition) is 0. The first-order valence-corrected chi connectivity index (χ1v) is 7.96. The first-order valence-electron chi connectivity index (χ1n) is 7.96. The fraction of sp³-hybridized carbons (Fsp3) is 0.556. The monoisotopic (exact) mass is 357 g/mol. The van der Waals surface area contributed by atoms with E-state index in [1.54, 1.807) is 20.8 Å². The van der Waals surface area contributed by atoms with Crippen LogP contribution in [0.3, 0.4) is 0 Å². The Balaban J connectivity index is 2.63. The zero-order chi connectivity index (χ0) is 19.2. The number of rotatable bonds is 1. The lowest BCUT2D eigenvalue weighted by Crippen LogP contribution is -2.66. The molecule has 1 aromatic carbocycles. The molecule has 138 valence electrons. The van der Waals surface area contributed by atoms with Crippen LogP contribution in [0.25, 0.3) is 0 Å². The van der Waals surface area contributed by atoms with Crippen LogP contribution >= 0.6 is 0 Å². The van der Waals surface area contributed by atoms with Gasteiger partial charge in [-0.25, -0.2) is 22.9 Å². The summed E-state index contributed by atoms with van der Waals surface area (Å²) in [6.45, 7) is 6.78. The van der Waals surface area contributed by atoms with Crippen LogP contribution in [0.5, 0.6) is 0 Å². The lowest BCUT2D eigenvalue weighted by atomic mass is 9.76. The van der Waals surface area contributed by atoms with Gasteiger partial charge in [0.05, 0.1) is 0 Å². The van der Waals surface area contributed by atoms with Gasteiger partial charge in [0, 0.05) is 12.0 Å². The fourth-order valence-electron chi connectivity index (χ4n) is 2.95. The molecule has 0 saturated carbocycles. The molecule has 1 aromatic rings. The quantitative estimate of drug-likeness (QED) is 0.754. The SMILES string of the molecule is CC(C)(C)OC(=O)N1C(=O)[C@@](C)(F)C[C@H](F)[C@@]1(C)c1ccccc1F. The van der Waals surface area contributed by atoms with Crippen molar-refractivity contribution in [1.29, 1.82) is 0 Å². The number of nitrogens with zero attached hydrogens (tertiary/aromatic N) is 1. The van der Waals surface area contributed by atoms with E-state index < -0.39 is 47.2 Å². The molecule has 0 N–H and O–H groups in total. The van der Waals surface area contributed by atoms with E-state index in [2.05, 4.69) is 0 Å². The summed E-state index contributed by atoms with van der Waals surface area (Å²) in [5, 5.41) is 0. The molecule has 4 nitrogen and oxygen atoms in total. The van der Waals surface area contributed by atoms with Gasteiger partial charge in [-0.05, 0) is 40.7 Å². The number of likely N-dealkylation sites (tertiary alicyclic amines) is 1. The highest BCUT2D eigenvalue weighted by Crippen LogP contribution is 2.45. The number of imide groups is 1. The van der Waals surface area contributed by atoms with Gasteiger partial charge >= 0.3 is 6.09 Å². The Morgan fingerprint density at radius 2 is 1.84 bits per heavy atom. The molecule has 1 heterocycles. The number of hydrogen-bond acceptors (Lipinski definition) is 3. The van der Waals surface area contributed by atoms with Crippen molar-refractivity contribution < 1.29 is 27.5 Å². The number of halogens is 3. The third-order valence-electron chi connectivity index (χ3n) is 4.28. The van der Waals surface area contributed by atoms with Crippen LogP contribution < -0.4 is 0 Å². The van der Waals surface area contributed by atoms with Crippen molar-refractivity contribution in [2.45, 2.75) is 64.0 Å². The maximum atomic E-state index is 15.0. The molecule has 0 bridgehead atoms.